The number of anilines is 1. The lowest BCUT2D eigenvalue weighted by atomic mass is 9.97. The first-order valence-electron chi connectivity index (χ1n) is 8.55. The van der Waals surface area contributed by atoms with E-state index in [1.54, 1.807) is 12.1 Å². The van der Waals surface area contributed by atoms with Crippen molar-refractivity contribution in [3.63, 3.8) is 0 Å². The number of hydrogen-bond donors (Lipinski definition) is 2. The Hall–Kier alpha value is -2.99. The van der Waals surface area contributed by atoms with Crippen molar-refractivity contribution in [3.05, 3.63) is 47.2 Å². The van der Waals surface area contributed by atoms with Crippen LogP contribution >= 0.6 is 11.3 Å². The third-order valence-electron chi connectivity index (χ3n) is 4.50. The highest BCUT2D eigenvalue weighted by molar-refractivity contribution is 7.08. The summed E-state index contributed by atoms with van der Waals surface area (Å²) in [6.07, 6.45) is -2.95. The van der Waals surface area contributed by atoms with Gasteiger partial charge in [-0.05, 0) is 23.6 Å². The number of halogens is 3. The summed E-state index contributed by atoms with van der Waals surface area (Å²) >= 11 is 1.50. The number of nitrogens with one attached hydrogen (secondary N) is 1. The number of thiophene rings is 1. The molecule has 0 saturated heterocycles. The number of aryl methyl sites for hydroxylation is 1. The van der Waals surface area contributed by atoms with Crippen LogP contribution in [0.5, 0.6) is 0 Å². The van der Waals surface area contributed by atoms with E-state index >= 15 is 0 Å². The van der Waals surface area contributed by atoms with Crippen LogP contribution in [0.25, 0.3) is 17.0 Å². The monoisotopic (exact) mass is 423 g/mol. The van der Waals surface area contributed by atoms with Gasteiger partial charge in [0.15, 0.2) is 11.5 Å². The van der Waals surface area contributed by atoms with Gasteiger partial charge in [0.1, 0.15) is 11.6 Å². The van der Waals surface area contributed by atoms with Crippen LogP contribution in [0.4, 0.5) is 19.0 Å². The lowest BCUT2D eigenvalue weighted by molar-refractivity contribution is -0.271. The van der Waals surface area contributed by atoms with Crippen LogP contribution < -0.4 is 5.32 Å². The molecule has 0 amide bonds. The van der Waals surface area contributed by atoms with Crippen LogP contribution in [-0.2, 0) is 12.6 Å². The second-order valence-corrected chi connectivity index (χ2v) is 7.20. The number of aromatic nitrogens is 6. The first-order chi connectivity index (χ1) is 13.8. The molecule has 0 aliphatic heterocycles. The van der Waals surface area contributed by atoms with Crippen molar-refractivity contribution in [2.75, 3.05) is 11.9 Å². The smallest absolute Gasteiger partial charge is 0.374 e. The van der Waals surface area contributed by atoms with Gasteiger partial charge in [-0.1, -0.05) is 0 Å². The lowest BCUT2D eigenvalue weighted by Crippen LogP contribution is -2.45. The molecule has 152 valence electrons. The molecule has 4 rings (SSSR count). The molecule has 2 N–H and O–H groups in total. The summed E-state index contributed by atoms with van der Waals surface area (Å²) < 4.78 is 43.4. The molecule has 8 nitrogen and oxygen atoms in total. The van der Waals surface area contributed by atoms with E-state index < -0.39 is 24.0 Å². The fourth-order valence-electron chi connectivity index (χ4n) is 2.97. The molecule has 0 aliphatic carbocycles. The number of fused-ring (bicyclic) bond motifs is 1. The maximum Gasteiger partial charge on any atom is 0.424 e. The van der Waals surface area contributed by atoms with Crippen molar-refractivity contribution in [3.8, 4) is 11.4 Å². The van der Waals surface area contributed by atoms with Crippen molar-refractivity contribution in [1.29, 1.82) is 0 Å². The van der Waals surface area contributed by atoms with Gasteiger partial charge in [-0.25, -0.2) is 4.98 Å². The zero-order chi connectivity index (χ0) is 20.6. The molecule has 0 aliphatic rings. The number of rotatable bonds is 6. The average Bonchev–Trinajstić information content (AvgIpc) is 3.40. The SMILES string of the molecule is Cn1ccnc1C(O)(CCNc1ccc2nnc(-c3ccsc3)n2n1)C(F)(F)F. The predicted molar refractivity (Wildman–Crippen MR) is 100 cm³/mol. The summed E-state index contributed by atoms with van der Waals surface area (Å²) in [7, 11) is 1.40. The van der Waals surface area contributed by atoms with Crippen LogP contribution in [0.3, 0.4) is 0 Å². The highest BCUT2D eigenvalue weighted by Crippen LogP contribution is 2.40. The molecule has 12 heteroatoms. The molecule has 29 heavy (non-hydrogen) atoms. The molecule has 0 aromatic carbocycles. The van der Waals surface area contributed by atoms with Crippen LogP contribution in [0, 0.1) is 0 Å². The first kappa shape index (κ1) is 19.3. The van der Waals surface area contributed by atoms with E-state index in [0.29, 0.717) is 17.3 Å². The zero-order valence-corrected chi connectivity index (χ0v) is 15.9. The van der Waals surface area contributed by atoms with Gasteiger partial charge in [-0.2, -0.15) is 29.0 Å². The molecule has 1 unspecified atom stereocenters. The van der Waals surface area contributed by atoms with Crippen LogP contribution in [0.2, 0.25) is 0 Å². The van der Waals surface area contributed by atoms with Crippen molar-refractivity contribution in [1.82, 2.24) is 29.4 Å². The Morgan fingerprint density at radius 3 is 2.69 bits per heavy atom. The Bertz CT molecular complexity index is 1120. The maximum absolute atomic E-state index is 13.6. The summed E-state index contributed by atoms with van der Waals surface area (Å²) in [5, 5.41) is 29.5. The Balaban J connectivity index is 1.55. The van der Waals surface area contributed by atoms with Crippen molar-refractivity contribution >= 4 is 22.8 Å². The fourth-order valence-corrected chi connectivity index (χ4v) is 3.61. The summed E-state index contributed by atoms with van der Waals surface area (Å²) in [5.41, 5.74) is -1.73. The van der Waals surface area contributed by atoms with Gasteiger partial charge >= 0.3 is 6.18 Å². The van der Waals surface area contributed by atoms with Gasteiger partial charge in [0.05, 0.1) is 0 Å². The highest BCUT2D eigenvalue weighted by Gasteiger charge is 2.57. The van der Waals surface area contributed by atoms with E-state index in [9.17, 15) is 18.3 Å². The summed E-state index contributed by atoms with van der Waals surface area (Å²) in [6.45, 7) is -0.183. The number of aliphatic hydroxyl groups is 1. The second-order valence-electron chi connectivity index (χ2n) is 6.42. The minimum atomic E-state index is -4.88. The quantitative estimate of drug-likeness (QED) is 0.495. The van der Waals surface area contributed by atoms with Crippen LogP contribution in [-0.4, -0.2) is 47.2 Å². The fraction of sp³-hybridized carbons (Fsp3) is 0.294. The van der Waals surface area contributed by atoms with E-state index in [1.807, 2.05) is 16.8 Å². The molecule has 4 aromatic rings. The standard InChI is InChI=1S/C17H16F3N7OS/c1-26-8-7-22-15(26)16(28,17(18,19)20)5-6-21-12-2-3-13-23-24-14(27(13)25-12)11-4-9-29-10-11/h2-4,7-10,28H,5-6H2,1H3,(H,21,25). The maximum atomic E-state index is 13.6. The van der Waals surface area contributed by atoms with Crippen molar-refractivity contribution in [2.24, 2.45) is 7.05 Å². The van der Waals surface area contributed by atoms with E-state index in [2.05, 4.69) is 25.6 Å². The molecule has 1 atom stereocenters. The molecule has 0 bridgehead atoms. The average molecular weight is 423 g/mol. The Morgan fingerprint density at radius 2 is 2.03 bits per heavy atom. The number of nitrogens with zero attached hydrogens (tertiary/aromatic N) is 6. The second kappa shape index (κ2) is 7.12. The molecular weight excluding hydrogens is 407 g/mol. The van der Waals surface area contributed by atoms with Crippen LogP contribution in [0.1, 0.15) is 12.2 Å². The third kappa shape index (κ3) is 3.44. The lowest BCUT2D eigenvalue weighted by Gasteiger charge is -2.30. The molecule has 0 radical (unpaired) electrons. The van der Waals surface area contributed by atoms with Crippen molar-refractivity contribution < 1.29 is 18.3 Å². The van der Waals surface area contributed by atoms with E-state index in [4.69, 9.17) is 0 Å². The van der Waals surface area contributed by atoms with E-state index in [1.165, 1.54) is 35.3 Å². The predicted octanol–water partition coefficient (Wildman–Crippen LogP) is 2.84. The normalized spacial score (nSPS) is 14.2. The van der Waals surface area contributed by atoms with Crippen molar-refractivity contribution in [2.45, 2.75) is 18.2 Å². The topological polar surface area (TPSA) is 93.2 Å². The minimum absolute atomic E-state index is 0.183. The zero-order valence-electron chi connectivity index (χ0n) is 15.1. The van der Waals surface area contributed by atoms with Gasteiger partial charge in [0, 0.05) is 43.4 Å². The molecule has 0 saturated carbocycles. The molecule has 4 aromatic heterocycles. The summed E-state index contributed by atoms with van der Waals surface area (Å²) in [5.74, 6) is 0.400. The number of hydrogen-bond acceptors (Lipinski definition) is 7. The van der Waals surface area contributed by atoms with Gasteiger partial charge in [0.25, 0.3) is 0 Å². The van der Waals surface area contributed by atoms with E-state index in [0.717, 1.165) is 10.1 Å². The Kier molecular flexibility index (Phi) is 4.74. The molecular formula is C17H16F3N7OS. The summed E-state index contributed by atoms with van der Waals surface area (Å²) in [4.78, 5) is 3.68. The van der Waals surface area contributed by atoms with Gasteiger partial charge in [-0.15, -0.1) is 15.3 Å². The third-order valence-corrected chi connectivity index (χ3v) is 5.18. The van der Waals surface area contributed by atoms with Gasteiger partial charge < -0.3 is 15.0 Å². The first-order valence-corrected chi connectivity index (χ1v) is 9.50. The largest absolute Gasteiger partial charge is 0.424 e. The molecule has 0 fully saturated rings. The summed E-state index contributed by atoms with van der Waals surface area (Å²) in [6, 6.07) is 5.13. The van der Waals surface area contributed by atoms with Crippen LogP contribution in [0.15, 0.2) is 41.4 Å². The van der Waals surface area contributed by atoms with E-state index in [-0.39, 0.29) is 6.54 Å². The highest BCUT2D eigenvalue weighted by atomic mass is 32.1. The molecule has 4 heterocycles. The van der Waals surface area contributed by atoms with Gasteiger partial charge in [-0.3, -0.25) is 0 Å². The minimum Gasteiger partial charge on any atom is -0.374 e. The number of imidazole rings is 1. The molecule has 0 spiro atoms. The Morgan fingerprint density at radius 1 is 1.21 bits per heavy atom. The Labute approximate surface area is 166 Å². The number of alkyl halides is 3. The van der Waals surface area contributed by atoms with Gasteiger partial charge in [0.2, 0.25) is 5.60 Å².